The Morgan fingerprint density at radius 2 is 2.33 bits per heavy atom. The largest absolute Gasteiger partial charge is 0.399 e. The SMILES string of the molecule is Cc1ncc(CNc2cc(N)ccn2)s1. The minimum atomic E-state index is 0.716. The molecule has 0 bridgehead atoms. The first kappa shape index (κ1) is 9.92. The molecule has 15 heavy (non-hydrogen) atoms. The molecule has 0 unspecified atom stereocenters. The Bertz CT molecular complexity index is 452. The third-order valence-corrected chi connectivity index (χ3v) is 2.81. The zero-order valence-electron chi connectivity index (χ0n) is 8.40. The monoisotopic (exact) mass is 220 g/mol. The molecule has 0 amide bonds. The van der Waals surface area contributed by atoms with Gasteiger partial charge in [-0.2, -0.15) is 0 Å². The number of hydrogen-bond donors (Lipinski definition) is 2. The predicted octanol–water partition coefficient (Wildman–Crippen LogP) is 2.04. The second-order valence-electron chi connectivity index (χ2n) is 3.17. The molecule has 2 rings (SSSR count). The Morgan fingerprint density at radius 1 is 1.47 bits per heavy atom. The van der Waals surface area contributed by atoms with Gasteiger partial charge in [0.05, 0.1) is 11.6 Å². The maximum Gasteiger partial charge on any atom is 0.128 e. The number of rotatable bonds is 3. The van der Waals surface area contributed by atoms with Crippen LogP contribution in [0.15, 0.2) is 24.5 Å². The van der Waals surface area contributed by atoms with Crippen molar-refractivity contribution < 1.29 is 0 Å². The van der Waals surface area contributed by atoms with Gasteiger partial charge in [0.1, 0.15) is 5.82 Å². The van der Waals surface area contributed by atoms with Crippen LogP contribution >= 0.6 is 11.3 Å². The lowest BCUT2D eigenvalue weighted by Gasteiger charge is -2.03. The molecule has 0 aromatic carbocycles. The van der Waals surface area contributed by atoms with Crippen LogP contribution < -0.4 is 11.1 Å². The van der Waals surface area contributed by atoms with E-state index < -0.39 is 0 Å². The van der Waals surface area contributed by atoms with Gasteiger partial charge in [0.25, 0.3) is 0 Å². The minimum absolute atomic E-state index is 0.716. The van der Waals surface area contributed by atoms with Crippen molar-refractivity contribution in [1.29, 1.82) is 0 Å². The summed E-state index contributed by atoms with van der Waals surface area (Å²) in [5.74, 6) is 0.793. The topological polar surface area (TPSA) is 63.8 Å². The predicted molar refractivity (Wildman–Crippen MR) is 62.8 cm³/mol. The maximum absolute atomic E-state index is 5.64. The maximum atomic E-state index is 5.64. The van der Waals surface area contributed by atoms with Crippen molar-refractivity contribution in [3.63, 3.8) is 0 Å². The third-order valence-electron chi connectivity index (χ3n) is 1.90. The average Bonchev–Trinajstić information content (AvgIpc) is 2.62. The van der Waals surface area contributed by atoms with Gasteiger partial charge in [0.2, 0.25) is 0 Å². The Labute approximate surface area is 92.2 Å². The molecule has 0 aliphatic carbocycles. The molecule has 2 heterocycles. The normalized spacial score (nSPS) is 10.2. The molecule has 2 aromatic rings. The molecular weight excluding hydrogens is 208 g/mol. The van der Waals surface area contributed by atoms with Crippen LogP contribution in [0.4, 0.5) is 11.5 Å². The summed E-state index contributed by atoms with van der Waals surface area (Å²) < 4.78 is 0. The van der Waals surface area contributed by atoms with Crippen LogP contribution in [-0.4, -0.2) is 9.97 Å². The summed E-state index contributed by atoms with van der Waals surface area (Å²) in [5.41, 5.74) is 6.36. The Morgan fingerprint density at radius 3 is 3.00 bits per heavy atom. The number of aromatic nitrogens is 2. The van der Waals surface area contributed by atoms with Crippen molar-refractivity contribution in [3.05, 3.63) is 34.4 Å². The van der Waals surface area contributed by atoms with E-state index in [4.69, 9.17) is 5.73 Å². The van der Waals surface area contributed by atoms with Crippen LogP contribution in [0.3, 0.4) is 0 Å². The molecule has 0 radical (unpaired) electrons. The lowest BCUT2D eigenvalue weighted by atomic mass is 10.4. The number of thiazole rings is 1. The average molecular weight is 220 g/mol. The number of pyridine rings is 1. The van der Waals surface area contributed by atoms with Gasteiger partial charge in [0, 0.05) is 29.0 Å². The fraction of sp³-hybridized carbons (Fsp3) is 0.200. The van der Waals surface area contributed by atoms with E-state index in [9.17, 15) is 0 Å². The zero-order valence-corrected chi connectivity index (χ0v) is 9.21. The van der Waals surface area contributed by atoms with E-state index in [1.54, 1.807) is 23.6 Å². The molecule has 0 fully saturated rings. The second-order valence-corrected chi connectivity index (χ2v) is 4.49. The quantitative estimate of drug-likeness (QED) is 0.830. The van der Waals surface area contributed by atoms with Gasteiger partial charge in [-0.15, -0.1) is 11.3 Å². The minimum Gasteiger partial charge on any atom is -0.399 e. The number of nitrogens with two attached hydrogens (primary N) is 1. The van der Waals surface area contributed by atoms with E-state index in [0.29, 0.717) is 5.69 Å². The molecule has 0 spiro atoms. The lowest BCUT2D eigenvalue weighted by molar-refractivity contribution is 1.13. The summed E-state index contributed by atoms with van der Waals surface area (Å²) in [6, 6.07) is 3.58. The molecule has 0 saturated carbocycles. The molecule has 2 aromatic heterocycles. The molecule has 3 N–H and O–H groups in total. The summed E-state index contributed by atoms with van der Waals surface area (Å²) >= 11 is 1.68. The van der Waals surface area contributed by atoms with Crippen LogP contribution in [0, 0.1) is 6.92 Å². The van der Waals surface area contributed by atoms with Crippen molar-refractivity contribution in [2.24, 2.45) is 0 Å². The van der Waals surface area contributed by atoms with Gasteiger partial charge < -0.3 is 11.1 Å². The highest BCUT2D eigenvalue weighted by Crippen LogP contribution is 2.14. The Kier molecular flexibility index (Phi) is 2.82. The van der Waals surface area contributed by atoms with Crippen LogP contribution in [0.2, 0.25) is 0 Å². The van der Waals surface area contributed by atoms with Crippen molar-refractivity contribution >= 4 is 22.8 Å². The summed E-state index contributed by atoms with van der Waals surface area (Å²) in [5, 5.41) is 4.27. The van der Waals surface area contributed by atoms with Crippen LogP contribution in [-0.2, 0) is 6.54 Å². The van der Waals surface area contributed by atoms with Gasteiger partial charge in [-0.05, 0) is 13.0 Å². The van der Waals surface area contributed by atoms with Crippen LogP contribution in [0.1, 0.15) is 9.88 Å². The van der Waals surface area contributed by atoms with E-state index in [1.807, 2.05) is 19.2 Å². The van der Waals surface area contributed by atoms with Gasteiger partial charge in [0.15, 0.2) is 0 Å². The fourth-order valence-corrected chi connectivity index (χ4v) is 1.94. The third kappa shape index (κ3) is 2.66. The van der Waals surface area contributed by atoms with Crippen molar-refractivity contribution in [2.45, 2.75) is 13.5 Å². The Balaban J connectivity index is 1.99. The number of nitrogen functional groups attached to an aromatic ring is 1. The molecular formula is C10H12N4S. The summed E-state index contributed by atoms with van der Waals surface area (Å²) in [4.78, 5) is 9.53. The highest BCUT2D eigenvalue weighted by atomic mass is 32.1. The van der Waals surface area contributed by atoms with E-state index in [0.717, 1.165) is 17.4 Å². The van der Waals surface area contributed by atoms with Crippen LogP contribution in [0.25, 0.3) is 0 Å². The zero-order chi connectivity index (χ0) is 10.7. The van der Waals surface area contributed by atoms with Gasteiger partial charge in [-0.1, -0.05) is 0 Å². The summed E-state index contributed by atoms with van der Waals surface area (Å²) in [6.45, 7) is 2.73. The number of nitrogens with zero attached hydrogens (tertiary/aromatic N) is 2. The van der Waals surface area contributed by atoms with Gasteiger partial charge >= 0.3 is 0 Å². The molecule has 0 aliphatic rings. The summed E-state index contributed by atoms with van der Waals surface area (Å²) in [6.07, 6.45) is 3.56. The van der Waals surface area contributed by atoms with Crippen molar-refractivity contribution in [3.8, 4) is 0 Å². The number of anilines is 2. The van der Waals surface area contributed by atoms with Gasteiger partial charge in [-0.3, -0.25) is 0 Å². The Hall–Kier alpha value is -1.62. The molecule has 0 atom stereocenters. The highest BCUT2D eigenvalue weighted by Gasteiger charge is 1.98. The van der Waals surface area contributed by atoms with E-state index in [1.165, 1.54) is 4.88 Å². The fourth-order valence-electron chi connectivity index (χ4n) is 1.21. The first-order valence-electron chi connectivity index (χ1n) is 4.61. The van der Waals surface area contributed by atoms with Crippen molar-refractivity contribution in [1.82, 2.24) is 9.97 Å². The molecule has 5 heteroatoms. The smallest absolute Gasteiger partial charge is 0.128 e. The van der Waals surface area contributed by atoms with Gasteiger partial charge in [-0.25, -0.2) is 9.97 Å². The number of nitrogens with one attached hydrogen (secondary N) is 1. The highest BCUT2D eigenvalue weighted by molar-refractivity contribution is 7.11. The molecule has 4 nitrogen and oxygen atoms in total. The van der Waals surface area contributed by atoms with E-state index in [2.05, 4.69) is 15.3 Å². The number of aryl methyl sites for hydroxylation is 1. The first-order chi connectivity index (χ1) is 7.24. The van der Waals surface area contributed by atoms with Crippen LogP contribution in [0.5, 0.6) is 0 Å². The van der Waals surface area contributed by atoms with Crippen molar-refractivity contribution in [2.75, 3.05) is 11.1 Å². The molecule has 0 aliphatic heterocycles. The molecule has 0 saturated heterocycles. The van der Waals surface area contributed by atoms with E-state index in [-0.39, 0.29) is 0 Å². The first-order valence-corrected chi connectivity index (χ1v) is 5.42. The number of hydrogen-bond acceptors (Lipinski definition) is 5. The molecule has 78 valence electrons. The second kappa shape index (κ2) is 4.27. The summed E-state index contributed by atoms with van der Waals surface area (Å²) in [7, 11) is 0. The standard InChI is InChI=1S/C10H12N4S/c1-7-13-5-9(15-7)6-14-10-4-8(11)2-3-12-10/h2-5H,6H2,1H3,(H3,11,12,14). The van der Waals surface area contributed by atoms with E-state index >= 15 is 0 Å². The lowest BCUT2D eigenvalue weighted by Crippen LogP contribution is -2.00.